The molecular weight excluding hydrogens is 268 g/mol. The van der Waals surface area contributed by atoms with E-state index in [9.17, 15) is 0 Å². The highest BCUT2D eigenvalue weighted by Gasteiger charge is 2.04. The third-order valence-corrected chi connectivity index (χ3v) is 4.14. The van der Waals surface area contributed by atoms with Crippen LogP contribution in [0.3, 0.4) is 0 Å². The van der Waals surface area contributed by atoms with Gasteiger partial charge in [0, 0.05) is 18.4 Å². The molecule has 20 heavy (non-hydrogen) atoms. The minimum Gasteiger partial charge on any atom is -0.379 e. The van der Waals surface area contributed by atoms with Crippen LogP contribution in [0.1, 0.15) is 24.0 Å². The van der Waals surface area contributed by atoms with Gasteiger partial charge in [-0.1, -0.05) is 6.92 Å². The Bertz CT molecular complexity index is 714. The van der Waals surface area contributed by atoms with Crippen molar-refractivity contribution in [2.24, 2.45) is 0 Å². The van der Waals surface area contributed by atoms with Crippen LogP contribution < -0.4 is 5.32 Å². The van der Waals surface area contributed by atoms with Gasteiger partial charge in [0.2, 0.25) is 0 Å². The number of fused-ring (bicyclic) bond motifs is 1. The van der Waals surface area contributed by atoms with Crippen LogP contribution >= 0.6 is 11.3 Å². The fraction of sp³-hybridized carbons (Fsp3) is 0.333. The number of hydrogen-bond donors (Lipinski definition) is 1. The number of nitrogens with zero attached hydrogens (tertiary/aromatic N) is 3. The Kier molecular flexibility index (Phi) is 3.69. The number of benzene rings is 1. The van der Waals surface area contributed by atoms with Crippen LogP contribution in [0.4, 0.5) is 5.69 Å². The van der Waals surface area contributed by atoms with E-state index in [0.29, 0.717) is 0 Å². The van der Waals surface area contributed by atoms with Gasteiger partial charge in [0.25, 0.3) is 0 Å². The summed E-state index contributed by atoms with van der Waals surface area (Å²) in [6.07, 6.45) is 2.96. The third-order valence-electron chi connectivity index (χ3n) is 3.21. The molecule has 2 heterocycles. The largest absolute Gasteiger partial charge is 0.379 e. The van der Waals surface area contributed by atoms with Gasteiger partial charge in [-0.25, -0.2) is 4.98 Å². The molecule has 0 amide bonds. The Balaban J connectivity index is 1.74. The highest BCUT2D eigenvalue weighted by molar-refractivity contribution is 7.18. The van der Waals surface area contributed by atoms with Crippen molar-refractivity contribution in [3.8, 4) is 0 Å². The second kappa shape index (κ2) is 5.63. The van der Waals surface area contributed by atoms with Gasteiger partial charge in [0.15, 0.2) is 0 Å². The van der Waals surface area contributed by atoms with E-state index in [-0.39, 0.29) is 0 Å². The molecule has 0 aliphatic carbocycles. The molecule has 1 N–H and O–H groups in total. The Labute approximate surface area is 122 Å². The van der Waals surface area contributed by atoms with Crippen molar-refractivity contribution in [3.05, 3.63) is 41.2 Å². The maximum atomic E-state index is 4.48. The van der Waals surface area contributed by atoms with Crippen molar-refractivity contribution in [2.45, 2.75) is 33.4 Å². The van der Waals surface area contributed by atoms with Crippen LogP contribution in [0, 0.1) is 6.92 Å². The van der Waals surface area contributed by atoms with Crippen molar-refractivity contribution >= 4 is 27.2 Å². The van der Waals surface area contributed by atoms with Crippen LogP contribution in [0.15, 0.2) is 30.5 Å². The van der Waals surface area contributed by atoms with Gasteiger partial charge in [0.1, 0.15) is 0 Å². The van der Waals surface area contributed by atoms with E-state index in [0.717, 1.165) is 35.7 Å². The van der Waals surface area contributed by atoms with Crippen LogP contribution in [-0.2, 0) is 13.1 Å². The minimum absolute atomic E-state index is 0.795. The van der Waals surface area contributed by atoms with Crippen molar-refractivity contribution in [1.29, 1.82) is 0 Å². The number of aryl methyl sites for hydroxylation is 2. The molecular formula is C15H18N4S. The summed E-state index contributed by atoms with van der Waals surface area (Å²) in [7, 11) is 0. The molecule has 0 aliphatic rings. The molecule has 0 spiro atoms. The molecule has 3 aromatic rings. The lowest BCUT2D eigenvalue weighted by molar-refractivity contribution is 0.578. The molecule has 0 aliphatic heterocycles. The summed E-state index contributed by atoms with van der Waals surface area (Å²) in [6, 6.07) is 8.39. The van der Waals surface area contributed by atoms with Crippen molar-refractivity contribution in [1.82, 2.24) is 14.8 Å². The third kappa shape index (κ3) is 2.67. The fourth-order valence-corrected chi connectivity index (χ4v) is 3.13. The molecule has 0 fully saturated rings. The first-order valence-corrected chi connectivity index (χ1v) is 7.69. The first-order chi connectivity index (χ1) is 9.76. The number of anilines is 1. The van der Waals surface area contributed by atoms with Crippen LogP contribution in [0.25, 0.3) is 10.2 Å². The predicted molar refractivity (Wildman–Crippen MR) is 84.2 cm³/mol. The van der Waals surface area contributed by atoms with E-state index < -0.39 is 0 Å². The maximum absolute atomic E-state index is 4.48. The molecule has 0 radical (unpaired) electrons. The normalized spacial score (nSPS) is 11.1. The summed E-state index contributed by atoms with van der Waals surface area (Å²) in [6.45, 7) is 5.97. The Morgan fingerprint density at radius 2 is 2.20 bits per heavy atom. The van der Waals surface area contributed by atoms with E-state index in [2.05, 4.69) is 51.3 Å². The zero-order chi connectivity index (χ0) is 13.9. The molecule has 0 saturated carbocycles. The molecule has 0 saturated heterocycles. The van der Waals surface area contributed by atoms with Crippen molar-refractivity contribution < 1.29 is 0 Å². The molecule has 5 heteroatoms. The van der Waals surface area contributed by atoms with E-state index in [4.69, 9.17) is 0 Å². The molecule has 0 atom stereocenters. The summed E-state index contributed by atoms with van der Waals surface area (Å²) in [4.78, 5) is 4.48. The van der Waals surface area contributed by atoms with E-state index >= 15 is 0 Å². The first kappa shape index (κ1) is 13.1. The molecule has 1 aromatic carbocycles. The van der Waals surface area contributed by atoms with Gasteiger partial charge < -0.3 is 5.32 Å². The lowest BCUT2D eigenvalue weighted by Crippen LogP contribution is -2.08. The summed E-state index contributed by atoms with van der Waals surface area (Å²) < 4.78 is 3.29. The number of rotatable bonds is 5. The monoisotopic (exact) mass is 286 g/mol. The summed E-state index contributed by atoms with van der Waals surface area (Å²) in [5, 5.41) is 8.91. The van der Waals surface area contributed by atoms with E-state index in [1.807, 2.05) is 13.1 Å². The van der Waals surface area contributed by atoms with E-state index in [1.54, 1.807) is 11.3 Å². The quantitative estimate of drug-likeness (QED) is 0.775. The SMILES string of the molecule is CCCn1nccc1CNc1ccc2nc(C)sc2c1. The number of aromatic nitrogens is 3. The lowest BCUT2D eigenvalue weighted by atomic mass is 10.3. The molecule has 2 aromatic heterocycles. The Hall–Kier alpha value is -1.88. The van der Waals surface area contributed by atoms with Crippen molar-refractivity contribution in [3.63, 3.8) is 0 Å². The average Bonchev–Trinajstić information content (AvgIpc) is 3.01. The zero-order valence-corrected chi connectivity index (χ0v) is 12.6. The fourth-order valence-electron chi connectivity index (χ4n) is 2.27. The first-order valence-electron chi connectivity index (χ1n) is 6.88. The molecule has 4 nitrogen and oxygen atoms in total. The standard InChI is InChI=1S/C15H18N4S/c1-3-8-19-13(6-7-17-19)10-16-12-4-5-14-15(9-12)20-11(2)18-14/h4-7,9,16H,3,8,10H2,1-2H3. The highest BCUT2D eigenvalue weighted by atomic mass is 32.1. The van der Waals surface area contributed by atoms with Gasteiger partial charge in [-0.05, 0) is 37.6 Å². The predicted octanol–water partition coefficient (Wildman–Crippen LogP) is 3.82. The molecule has 0 bridgehead atoms. The second-order valence-electron chi connectivity index (χ2n) is 4.81. The summed E-state index contributed by atoms with van der Waals surface area (Å²) >= 11 is 1.73. The summed E-state index contributed by atoms with van der Waals surface area (Å²) in [5.74, 6) is 0. The van der Waals surface area contributed by atoms with Gasteiger partial charge >= 0.3 is 0 Å². The Morgan fingerprint density at radius 1 is 1.30 bits per heavy atom. The number of nitrogens with one attached hydrogen (secondary N) is 1. The van der Waals surface area contributed by atoms with Gasteiger partial charge in [0.05, 0.1) is 27.5 Å². The van der Waals surface area contributed by atoms with E-state index in [1.165, 1.54) is 10.4 Å². The number of thiazole rings is 1. The topological polar surface area (TPSA) is 42.7 Å². The highest BCUT2D eigenvalue weighted by Crippen LogP contribution is 2.24. The van der Waals surface area contributed by atoms with Crippen LogP contribution in [0.2, 0.25) is 0 Å². The molecule has 0 unspecified atom stereocenters. The van der Waals surface area contributed by atoms with Gasteiger partial charge in [-0.15, -0.1) is 11.3 Å². The molecule has 104 valence electrons. The van der Waals surface area contributed by atoms with Gasteiger partial charge in [-0.2, -0.15) is 5.10 Å². The average molecular weight is 286 g/mol. The maximum Gasteiger partial charge on any atom is 0.0907 e. The van der Waals surface area contributed by atoms with Crippen LogP contribution in [-0.4, -0.2) is 14.8 Å². The zero-order valence-electron chi connectivity index (χ0n) is 11.8. The molecule has 3 rings (SSSR count). The number of hydrogen-bond acceptors (Lipinski definition) is 4. The van der Waals surface area contributed by atoms with Crippen molar-refractivity contribution in [2.75, 3.05) is 5.32 Å². The Morgan fingerprint density at radius 3 is 3.05 bits per heavy atom. The lowest BCUT2D eigenvalue weighted by Gasteiger charge is -2.08. The van der Waals surface area contributed by atoms with Gasteiger partial charge in [-0.3, -0.25) is 4.68 Å². The second-order valence-corrected chi connectivity index (χ2v) is 6.05. The van der Waals surface area contributed by atoms with Crippen LogP contribution in [0.5, 0.6) is 0 Å². The summed E-state index contributed by atoms with van der Waals surface area (Å²) in [5.41, 5.74) is 3.42. The minimum atomic E-state index is 0.795. The smallest absolute Gasteiger partial charge is 0.0907 e.